The van der Waals surface area contributed by atoms with Crippen molar-refractivity contribution >= 4 is 34.2 Å². The number of thiazole rings is 1. The molecule has 0 bridgehead atoms. The molecule has 1 unspecified atom stereocenters. The first-order valence-corrected chi connectivity index (χ1v) is 11.0. The average Bonchev–Trinajstić information content (AvgIpc) is 3.18. The van der Waals surface area contributed by atoms with Crippen LogP contribution in [0.2, 0.25) is 0 Å². The Kier molecular flexibility index (Phi) is 5.45. The van der Waals surface area contributed by atoms with Gasteiger partial charge in [-0.25, -0.2) is 4.98 Å². The normalized spacial score (nSPS) is 21.1. The molecule has 4 nitrogen and oxygen atoms in total. The van der Waals surface area contributed by atoms with Gasteiger partial charge in [-0.05, 0) is 49.2 Å². The zero-order valence-corrected chi connectivity index (χ0v) is 17.1. The highest BCUT2D eigenvalue weighted by molar-refractivity contribution is 7.80. The van der Waals surface area contributed by atoms with Gasteiger partial charge in [0, 0.05) is 22.6 Å². The Morgan fingerprint density at radius 3 is 2.63 bits per heavy atom. The highest BCUT2D eigenvalue weighted by atomic mass is 32.1. The molecule has 0 radical (unpaired) electrons. The molecule has 2 aliphatic rings. The van der Waals surface area contributed by atoms with E-state index in [0.717, 1.165) is 22.7 Å². The SMILES string of the molecule is CCC1=C(c2nc(C3CCCCC3)cs2)C(c2ccc(O)cc2)NC(=S)N1. The van der Waals surface area contributed by atoms with Gasteiger partial charge in [0.05, 0.1) is 11.7 Å². The molecule has 2 aromatic rings. The predicted molar refractivity (Wildman–Crippen MR) is 115 cm³/mol. The monoisotopic (exact) mass is 399 g/mol. The highest BCUT2D eigenvalue weighted by Gasteiger charge is 2.30. The van der Waals surface area contributed by atoms with E-state index in [1.165, 1.54) is 43.4 Å². The van der Waals surface area contributed by atoms with Gasteiger partial charge in [0.25, 0.3) is 0 Å². The van der Waals surface area contributed by atoms with Gasteiger partial charge < -0.3 is 15.7 Å². The topological polar surface area (TPSA) is 57.2 Å². The van der Waals surface area contributed by atoms with E-state index in [-0.39, 0.29) is 11.8 Å². The molecular formula is C21H25N3OS2. The predicted octanol–water partition coefficient (Wildman–Crippen LogP) is 5.24. The van der Waals surface area contributed by atoms with E-state index < -0.39 is 0 Å². The maximum absolute atomic E-state index is 9.65. The lowest BCUT2D eigenvalue weighted by atomic mass is 9.87. The number of phenols is 1. The molecule has 0 saturated heterocycles. The van der Waals surface area contributed by atoms with E-state index in [1.807, 2.05) is 12.1 Å². The minimum absolute atomic E-state index is 0.0559. The smallest absolute Gasteiger partial charge is 0.171 e. The van der Waals surface area contributed by atoms with Crippen molar-refractivity contribution in [2.75, 3.05) is 0 Å². The van der Waals surface area contributed by atoms with E-state index in [0.29, 0.717) is 11.0 Å². The van der Waals surface area contributed by atoms with Gasteiger partial charge in [-0.3, -0.25) is 0 Å². The number of nitrogens with zero attached hydrogens (tertiary/aromatic N) is 1. The molecule has 1 aromatic carbocycles. The lowest BCUT2D eigenvalue weighted by molar-refractivity contribution is 0.438. The summed E-state index contributed by atoms with van der Waals surface area (Å²) in [5.74, 6) is 0.873. The van der Waals surface area contributed by atoms with Crippen LogP contribution in [0.25, 0.3) is 5.57 Å². The van der Waals surface area contributed by atoms with Gasteiger partial charge in [0.1, 0.15) is 10.8 Å². The van der Waals surface area contributed by atoms with Crippen LogP contribution in [0.3, 0.4) is 0 Å². The van der Waals surface area contributed by atoms with Gasteiger partial charge >= 0.3 is 0 Å². The van der Waals surface area contributed by atoms with Crippen molar-refractivity contribution in [2.45, 2.75) is 57.4 Å². The number of aromatic nitrogens is 1. The van der Waals surface area contributed by atoms with Crippen molar-refractivity contribution in [1.82, 2.24) is 15.6 Å². The maximum Gasteiger partial charge on any atom is 0.171 e. The molecule has 1 aliphatic heterocycles. The van der Waals surface area contributed by atoms with Crippen LogP contribution in [-0.4, -0.2) is 15.2 Å². The highest BCUT2D eigenvalue weighted by Crippen LogP contribution is 2.40. The van der Waals surface area contributed by atoms with Crippen molar-refractivity contribution in [2.24, 2.45) is 0 Å². The second-order valence-corrected chi connectivity index (χ2v) is 8.55. The van der Waals surface area contributed by atoms with Crippen LogP contribution in [0.15, 0.2) is 35.3 Å². The van der Waals surface area contributed by atoms with E-state index in [1.54, 1.807) is 23.5 Å². The molecule has 2 heterocycles. The Bertz CT molecular complexity index is 851. The number of thiocarbonyl (C=S) groups is 1. The molecular weight excluding hydrogens is 374 g/mol. The van der Waals surface area contributed by atoms with Crippen LogP contribution in [0.5, 0.6) is 5.75 Å². The van der Waals surface area contributed by atoms with Crippen LogP contribution < -0.4 is 10.6 Å². The second kappa shape index (κ2) is 7.98. The number of benzene rings is 1. The molecule has 1 atom stereocenters. The summed E-state index contributed by atoms with van der Waals surface area (Å²) < 4.78 is 0. The summed E-state index contributed by atoms with van der Waals surface area (Å²) in [6.45, 7) is 2.14. The van der Waals surface area contributed by atoms with Gasteiger partial charge in [-0.15, -0.1) is 11.3 Å². The van der Waals surface area contributed by atoms with Crippen molar-refractivity contribution < 1.29 is 5.11 Å². The Balaban J connectivity index is 1.72. The molecule has 142 valence electrons. The first-order valence-electron chi connectivity index (χ1n) is 9.71. The average molecular weight is 400 g/mol. The summed E-state index contributed by atoms with van der Waals surface area (Å²) in [6.07, 6.45) is 7.36. The van der Waals surface area contributed by atoms with Crippen molar-refractivity contribution in [3.63, 3.8) is 0 Å². The molecule has 0 spiro atoms. The van der Waals surface area contributed by atoms with Crippen LogP contribution in [0.4, 0.5) is 0 Å². The molecule has 1 aliphatic carbocycles. The number of hydrogen-bond acceptors (Lipinski definition) is 4. The molecule has 3 N–H and O–H groups in total. The number of allylic oxidation sites excluding steroid dienone is 1. The standard InChI is InChI=1S/C21H25N3OS2/c1-2-16-18(20-22-17(12-27-20)13-6-4-3-5-7-13)19(24-21(26)23-16)14-8-10-15(25)11-9-14/h8-13,19,25H,2-7H2,1H3,(H2,23,24,26). The van der Waals surface area contributed by atoms with E-state index >= 15 is 0 Å². The van der Waals surface area contributed by atoms with Gasteiger partial charge in [0.2, 0.25) is 0 Å². The summed E-state index contributed by atoms with van der Waals surface area (Å²) in [4.78, 5) is 5.06. The van der Waals surface area contributed by atoms with Crippen LogP contribution in [-0.2, 0) is 0 Å². The number of nitrogens with one attached hydrogen (secondary N) is 2. The van der Waals surface area contributed by atoms with E-state index in [9.17, 15) is 5.11 Å². The number of aromatic hydroxyl groups is 1. The van der Waals surface area contributed by atoms with Crippen molar-refractivity contribution in [3.8, 4) is 5.75 Å². The fraction of sp³-hybridized carbons (Fsp3) is 0.429. The lowest BCUT2D eigenvalue weighted by Gasteiger charge is -2.31. The summed E-state index contributed by atoms with van der Waals surface area (Å²) >= 11 is 7.17. The Morgan fingerprint density at radius 1 is 1.19 bits per heavy atom. The largest absolute Gasteiger partial charge is 0.508 e. The van der Waals surface area contributed by atoms with Crippen LogP contribution in [0.1, 0.15) is 73.7 Å². The summed E-state index contributed by atoms with van der Waals surface area (Å²) in [7, 11) is 0. The molecule has 1 saturated carbocycles. The third-order valence-electron chi connectivity index (χ3n) is 5.51. The van der Waals surface area contributed by atoms with Crippen molar-refractivity contribution in [1.29, 1.82) is 0 Å². The molecule has 6 heteroatoms. The maximum atomic E-state index is 9.65. The Morgan fingerprint density at radius 2 is 1.93 bits per heavy atom. The third kappa shape index (κ3) is 3.87. The van der Waals surface area contributed by atoms with E-state index in [2.05, 4.69) is 22.9 Å². The lowest BCUT2D eigenvalue weighted by Crippen LogP contribution is -2.43. The number of hydrogen-bond donors (Lipinski definition) is 3. The Labute approximate surface area is 169 Å². The first kappa shape index (κ1) is 18.4. The second-order valence-electron chi connectivity index (χ2n) is 7.28. The third-order valence-corrected chi connectivity index (χ3v) is 6.62. The van der Waals surface area contributed by atoms with Crippen LogP contribution >= 0.6 is 23.6 Å². The molecule has 27 heavy (non-hydrogen) atoms. The molecule has 4 rings (SSSR count). The van der Waals surface area contributed by atoms with E-state index in [4.69, 9.17) is 17.2 Å². The molecule has 0 amide bonds. The fourth-order valence-electron chi connectivity index (χ4n) is 4.06. The molecule has 1 fully saturated rings. The quantitative estimate of drug-likeness (QED) is 0.614. The minimum atomic E-state index is -0.0559. The number of rotatable bonds is 4. The number of phenolic OH excluding ortho intramolecular Hbond substituents is 1. The minimum Gasteiger partial charge on any atom is -0.508 e. The van der Waals surface area contributed by atoms with Gasteiger partial charge in [0.15, 0.2) is 5.11 Å². The zero-order valence-electron chi connectivity index (χ0n) is 15.5. The summed E-state index contributed by atoms with van der Waals surface area (Å²) in [5.41, 5.74) is 4.62. The Hall–Kier alpha value is -1.92. The van der Waals surface area contributed by atoms with Gasteiger partial charge in [-0.2, -0.15) is 0 Å². The van der Waals surface area contributed by atoms with Crippen molar-refractivity contribution in [3.05, 3.63) is 51.6 Å². The fourth-order valence-corrected chi connectivity index (χ4v) is 5.31. The summed E-state index contributed by atoms with van der Waals surface area (Å²) in [6, 6.07) is 7.29. The van der Waals surface area contributed by atoms with Crippen LogP contribution in [0, 0.1) is 0 Å². The zero-order chi connectivity index (χ0) is 18.8. The van der Waals surface area contributed by atoms with Gasteiger partial charge in [-0.1, -0.05) is 38.3 Å². The summed E-state index contributed by atoms with van der Waals surface area (Å²) in [5, 5.41) is 20.3. The molecule has 1 aromatic heterocycles. The first-order chi connectivity index (χ1) is 13.2.